The van der Waals surface area contributed by atoms with E-state index in [-0.39, 0.29) is 16.6 Å². The van der Waals surface area contributed by atoms with E-state index in [0.29, 0.717) is 15.0 Å². The van der Waals surface area contributed by atoms with Gasteiger partial charge >= 0.3 is 6.09 Å². The Hall–Kier alpha value is -0.640. The van der Waals surface area contributed by atoms with Gasteiger partial charge in [0.15, 0.2) is 0 Å². The maximum absolute atomic E-state index is 11.6. The molecule has 0 radical (unpaired) electrons. The second kappa shape index (κ2) is 8.83. The number of primary sulfonamides is 1. The average Bonchev–Trinajstić information content (AvgIpc) is 2.85. The first-order chi connectivity index (χ1) is 11.3. The van der Waals surface area contributed by atoms with E-state index in [0.717, 1.165) is 19.4 Å². The van der Waals surface area contributed by atoms with Crippen LogP contribution in [0.3, 0.4) is 0 Å². The molecule has 1 heterocycles. The van der Waals surface area contributed by atoms with Crippen LogP contribution in [0.25, 0.3) is 0 Å². The highest BCUT2D eigenvalue weighted by atomic mass is 79.9. The van der Waals surface area contributed by atoms with Gasteiger partial charge in [0.1, 0.15) is 5.60 Å². The summed E-state index contributed by atoms with van der Waals surface area (Å²) in [5.41, 5.74) is -0.376. The zero-order valence-electron chi connectivity index (χ0n) is 14.8. The van der Waals surface area contributed by atoms with Gasteiger partial charge in [0.05, 0.1) is 4.90 Å². The molecule has 0 spiro atoms. The maximum atomic E-state index is 11.6. The van der Waals surface area contributed by atoms with Crippen molar-refractivity contribution in [1.29, 1.82) is 0 Å². The number of nitrogens with zero attached hydrogens (tertiary/aromatic N) is 1. The Balaban J connectivity index is 0.000000251. The van der Waals surface area contributed by atoms with E-state index in [1.807, 2.05) is 25.7 Å². The van der Waals surface area contributed by atoms with E-state index in [4.69, 9.17) is 9.88 Å². The number of hydrogen-bond donors (Lipinski definition) is 1. The third-order valence-electron chi connectivity index (χ3n) is 3.38. The number of rotatable bonds is 1. The molecule has 1 aliphatic rings. The van der Waals surface area contributed by atoms with Crippen molar-refractivity contribution < 1.29 is 17.9 Å². The van der Waals surface area contributed by atoms with Crippen molar-refractivity contribution in [2.45, 2.75) is 57.1 Å². The average molecular weight is 500 g/mol. The number of nitrogens with two attached hydrogens (primary N) is 1. The summed E-state index contributed by atoms with van der Waals surface area (Å²) >= 11 is 6.23. The lowest BCUT2D eigenvalue weighted by Crippen LogP contribution is -2.38. The summed E-state index contributed by atoms with van der Waals surface area (Å²) in [5, 5.41) is 4.95. The Morgan fingerprint density at radius 1 is 1.32 bits per heavy atom. The molecule has 25 heavy (non-hydrogen) atoms. The minimum absolute atomic E-state index is 0.0804. The van der Waals surface area contributed by atoms with Gasteiger partial charge in [-0.2, -0.15) is 0 Å². The van der Waals surface area contributed by atoms with Gasteiger partial charge in [-0.05, 0) is 74.7 Å². The first kappa shape index (κ1) is 22.4. The molecule has 9 heteroatoms. The van der Waals surface area contributed by atoms with Gasteiger partial charge < -0.3 is 9.64 Å². The topological polar surface area (TPSA) is 89.7 Å². The number of amides is 1. The molecule has 0 aromatic heterocycles. The van der Waals surface area contributed by atoms with Crippen LogP contribution in [0, 0.1) is 0 Å². The lowest BCUT2D eigenvalue weighted by molar-refractivity contribution is 0.0239. The molecule has 2 rings (SSSR count). The first-order valence-electron chi connectivity index (χ1n) is 7.79. The second-order valence-electron chi connectivity index (χ2n) is 6.78. The van der Waals surface area contributed by atoms with Crippen LogP contribution in [-0.4, -0.2) is 37.6 Å². The van der Waals surface area contributed by atoms with Crippen molar-refractivity contribution in [3.8, 4) is 0 Å². The number of ether oxygens (including phenoxy) is 1. The van der Waals surface area contributed by atoms with Gasteiger partial charge in [0.25, 0.3) is 0 Å². The lowest BCUT2D eigenvalue weighted by Gasteiger charge is -2.26. The minimum Gasteiger partial charge on any atom is -0.444 e. The zero-order valence-corrected chi connectivity index (χ0v) is 18.7. The van der Waals surface area contributed by atoms with Crippen LogP contribution >= 0.6 is 31.9 Å². The molecule has 1 amide bonds. The van der Waals surface area contributed by atoms with Crippen LogP contribution in [0.2, 0.25) is 0 Å². The molecule has 142 valence electrons. The third-order valence-corrected chi connectivity index (χ3v) is 5.78. The number of carbonyl (C=O) groups is 1. The summed E-state index contributed by atoms with van der Waals surface area (Å²) < 4.78 is 28.3. The monoisotopic (exact) mass is 498 g/mol. The fraction of sp³-hybridized carbons (Fsp3) is 0.562. The quantitative estimate of drug-likeness (QED) is 0.624. The number of sulfonamides is 1. The van der Waals surface area contributed by atoms with Crippen molar-refractivity contribution in [1.82, 2.24) is 4.90 Å². The lowest BCUT2D eigenvalue weighted by atomic mass is 10.2. The summed E-state index contributed by atoms with van der Waals surface area (Å²) in [4.78, 5) is 13.5. The van der Waals surface area contributed by atoms with Crippen molar-refractivity contribution >= 4 is 48.0 Å². The van der Waals surface area contributed by atoms with Crippen molar-refractivity contribution in [2.24, 2.45) is 5.14 Å². The highest BCUT2D eigenvalue weighted by Crippen LogP contribution is 2.24. The molecule has 1 fully saturated rings. The third kappa shape index (κ3) is 7.64. The van der Waals surface area contributed by atoms with Crippen LogP contribution in [-0.2, 0) is 14.8 Å². The molecule has 1 aromatic rings. The molecule has 0 saturated carbocycles. The fourth-order valence-electron chi connectivity index (χ4n) is 2.22. The highest BCUT2D eigenvalue weighted by Gasteiger charge is 2.29. The van der Waals surface area contributed by atoms with Gasteiger partial charge in [-0.3, -0.25) is 0 Å². The molecule has 0 unspecified atom stereocenters. The Kier molecular flexibility index (Phi) is 7.92. The molecule has 1 aliphatic heterocycles. The Morgan fingerprint density at radius 2 is 1.92 bits per heavy atom. The van der Waals surface area contributed by atoms with Crippen LogP contribution in [0.5, 0.6) is 0 Å². The van der Waals surface area contributed by atoms with E-state index in [1.54, 1.807) is 12.1 Å². The van der Waals surface area contributed by atoms with Gasteiger partial charge in [-0.25, -0.2) is 18.4 Å². The van der Waals surface area contributed by atoms with Gasteiger partial charge in [-0.15, -0.1) is 0 Å². The van der Waals surface area contributed by atoms with Gasteiger partial charge in [0, 0.05) is 21.5 Å². The molecule has 1 atom stereocenters. The van der Waals surface area contributed by atoms with E-state index in [9.17, 15) is 13.2 Å². The normalized spacial score (nSPS) is 17.7. The SMILES string of the molecule is C[C@H]1CCCN1C(=O)OC(C)(C)C.NS(=O)(=O)c1cc(Br)ccc1Br. The molecule has 6 nitrogen and oxygen atoms in total. The Bertz CT molecular complexity index is 717. The standard InChI is InChI=1S/C10H19NO2.C6H5Br2NO2S/c1-8-6-5-7-11(8)9(12)13-10(2,3)4;7-4-1-2-5(8)6(3-4)12(9,10)11/h8H,5-7H2,1-4H3;1-3H,(H2,9,10,11)/t8-;/m0./s1. The second-order valence-corrected chi connectivity index (χ2v) is 10.1. The molecule has 1 aromatic carbocycles. The number of benzene rings is 1. The molecule has 0 aliphatic carbocycles. The number of hydrogen-bond acceptors (Lipinski definition) is 4. The summed E-state index contributed by atoms with van der Waals surface area (Å²) in [5.74, 6) is 0. The summed E-state index contributed by atoms with van der Waals surface area (Å²) in [7, 11) is -3.63. The van der Waals surface area contributed by atoms with Gasteiger partial charge in [-0.1, -0.05) is 15.9 Å². The highest BCUT2D eigenvalue weighted by molar-refractivity contribution is 9.11. The van der Waals surface area contributed by atoms with Crippen molar-refractivity contribution in [3.05, 3.63) is 27.1 Å². The number of likely N-dealkylation sites (tertiary alicyclic amines) is 1. The predicted octanol–water partition coefficient (Wildman–Crippen LogP) is 4.26. The summed E-state index contributed by atoms with van der Waals surface area (Å²) in [6, 6.07) is 5.12. The summed E-state index contributed by atoms with van der Waals surface area (Å²) in [6.45, 7) is 8.59. The maximum Gasteiger partial charge on any atom is 0.410 e. The predicted molar refractivity (Wildman–Crippen MR) is 105 cm³/mol. The fourth-order valence-corrected chi connectivity index (χ4v) is 4.29. The zero-order chi connectivity index (χ0) is 19.4. The first-order valence-corrected chi connectivity index (χ1v) is 10.9. The Morgan fingerprint density at radius 3 is 2.32 bits per heavy atom. The Labute approximate surface area is 166 Å². The van der Waals surface area contributed by atoms with Gasteiger partial charge in [0.2, 0.25) is 10.0 Å². The number of carbonyl (C=O) groups excluding carboxylic acids is 1. The molecule has 0 bridgehead atoms. The van der Waals surface area contributed by atoms with E-state index >= 15 is 0 Å². The molecular weight excluding hydrogens is 476 g/mol. The van der Waals surface area contributed by atoms with Crippen LogP contribution in [0.1, 0.15) is 40.5 Å². The molecule has 2 N–H and O–H groups in total. The van der Waals surface area contributed by atoms with Crippen LogP contribution in [0.4, 0.5) is 4.79 Å². The van der Waals surface area contributed by atoms with Crippen LogP contribution < -0.4 is 5.14 Å². The smallest absolute Gasteiger partial charge is 0.410 e. The molecule has 1 saturated heterocycles. The van der Waals surface area contributed by atoms with E-state index < -0.39 is 10.0 Å². The molecular formula is C16H24Br2N2O4S. The summed E-state index contributed by atoms with van der Waals surface area (Å²) in [6.07, 6.45) is 2.03. The van der Waals surface area contributed by atoms with Crippen molar-refractivity contribution in [2.75, 3.05) is 6.54 Å². The number of halogens is 2. The largest absolute Gasteiger partial charge is 0.444 e. The van der Waals surface area contributed by atoms with Crippen molar-refractivity contribution in [3.63, 3.8) is 0 Å². The van der Waals surface area contributed by atoms with E-state index in [2.05, 4.69) is 38.8 Å². The minimum atomic E-state index is -3.63. The van der Waals surface area contributed by atoms with E-state index in [1.165, 1.54) is 6.07 Å². The van der Waals surface area contributed by atoms with Crippen LogP contribution in [0.15, 0.2) is 32.0 Å².